The summed E-state index contributed by atoms with van der Waals surface area (Å²) in [7, 11) is -15.5. The second kappa shape index (κ2) is 10.9. The van der Waals surface area contributed by atoms with Crippen LogP contribution in [0.5, 0.6) is 0 Å². The maximum absolute atomic E-state index is 15.1. The minimum absolute atomic E-state index is 0.287. The summed E-state index contributed by atoms with van der Waals surface area (Å²) in [6.07, 6.45) is -3.04. The first kappa shape index (κ1) is 29.2. The number of hydrogen-bond acceptors (Lipinski definition) is 14. The van der Waals surface area contributed by atoms with Crippen LogP contribution in [-0.2, 0) is 31.6 Å². The summed E-state index contributed by atoms with van der Waals surface area (Å²) < 4.78 is 70.6. The molecule has 0 saturated carbocycles. The smallest absolute Gasteiger partial charge is 0.342 e. The Balaban J connectivity index is 2.35. The molecule has 22 heteroatoms. The third-order valence-electron chi connectivity index (χ3n) is 4.37. The van der Waals surface area contributed by atoms with Crippen LogP contribution in [0.1, 0.15) is 11.9 Å². The molecule has 0 amide bonds. The fourth-order valence-electron chi connectivity index (χ4n) is 2.79. The largest absolute Gasteiger partial charge is 0.504 e. The van der Waals surface area contributed by atoms with E-state index in [0.717, 1.165) is 12.0 Å². The van der Waals surface area contributed by atoms with E-state index in [1.807, 2.05) is 9.89 Å². The molecule has 1 aliphatic heterocycles. The van der Waals surface area contributed by atoms with Crippen LogP contribution >= 0.6 is 34.5 Å². The van der Waals surface area contributed by atoms with E-state index in [4.69, 9.17) is 21.6 Å². The van der Waals surface area contributed by atoms with Gasteiger partial charge in [-0.3, -0.25) is 13.7 Å². The van der Waals surface area contributed by atoms with Crippen LogP contribution in [0.4, 0.5) is 4.39 Å². The molecule has 2 rings (SSSR count). The van der Waals surface area contributed by atoms with Crippen molar-refractivity contribution in [1.29, 1.82) is 5.26 Å². The molecule has 0 aromatic carbocycles. The van der Waals surface area contributed by atoms with Gasteiger partial charge in [-0.05, 0) is 13.0 Å². The van der Waals surface area contributed by atoms with Gasteiger partial charge in [0.25, 0.3) is 0 Å². The Morgan fingerprint density at radius 3 is 2.40 bits per heavy atom. The molecule has 1 saturated heterocycles. The average molecular weight is 579 g/mol. The van der Waals surface area contributed by atoms with E-state index in [2.05, 4.69) is 23.3 Å². The molecule has 0 aliphatic carbocycles. The van der Waals surface area contributed by atoms with Gasteiger partial charge in [-0.15, -0.1) is 21.4 Å². The first-order valence-electron chi connectivity index (χ1n) is 8.95. The predicted molar refractivity (Wildman–Crippen MR) is 115 cm³/mol. The molecule has 0 radical (unpaired) electrons. The number of aryl methyl sites for hydroxylation is 1. The van der Waals surface area contributed by atoms with E-state index in [9.17, 15) is 33.2 Å². The van der Waals surface area contributed by atoms with Gasteiger partial charge in [0.15, 0.2) is 24.3 Å². The first-order chi connectivity index (χ1) is 16.2. The number of ether oxygens (including phenoxy) is 1. The Morgan fingerprint density at radius 2 is 1.91 bits per heavy atom. The zero-order valence-electron chi connectivity index (χ0n) is 17.6. The molecule has 7 atom stereocenters. The second-order valence-corrected chi connectivity index (χ2v) is 12.9. The molecule has 2 heterocycles. The fraction of sp³-hybridized carbons (Fsp3) is 0.615. The van der Waals surface area contributed by atoms with Crippen molar-refractivity contribution >= 4 is 34.5 Å². The summed E-state index contributed by atoms with van der Waals surface area (Å²) >= 11 is 5.83. The van der Waals surface area contributed by atoms with Crippen molar-refractivity contribution in [3.05, 3.63) is 43.2 Å². The van der Waals surface area contributed by atoms with E-state index in [-0.39, 0.29) is 5.69 Å². The van der Waals surface area contributed by atoms with Crippen LogP contribution in [0.3, 0.4) is 0 Å². The normalized spacial score (nSPS) is 29.2. The van der Waals surface area contributed by atoms with E-state index in [1.165, 1.54) is 13.0 Å². The van der Waals surface area contributed by atoms with E-state index < -0.39 is 65.1 Å². The highest BCUT2D eigenvalue weighted by Gasteiger charge is 2.59. The summed E-state index contributed by atoms with van der Waals surface area (Å²) in [4.78, 5) is 53.0. The van der Waals surface area contributed by atoms with Crippen LogP contribution in [-0.4, -0.2) is 46.5 Å². The second-order valence-electron chi connectivity index (χ2n) is 6.94. The van der Waals surface area contributed by atoms with Crippen molar-refractivity contribution in [1.82, 2.24) is 9.55 Å². The highest BCUT2D eigenvalue weighted by molar-refractivity contribution is 7.74. The molecule has 0 spiro atoms. The minimum atomic E-state index is -5.56. The van der Waals surface area contributed by atoms with Crippen LogP contribution < -0.4 is 5.69 Å². The Labute approximate surface area is 199 Å². The third kappa shape index (κ3) is 6.38. The lowest BCUT2D eigenvalue weighted by Gasteiger charge is -2.29. The highest BCUT2D eigenvalue weighted by Crippen LogP contribution is 2.72. The number of rotatable bonds is 12. The molecule has 17 nitrogen and oxygen atoms in total. The number of aromatic nitrogens is 2. The maximum Gasteiger partial charge on any atom is 0.504 e. The Morgan fingerprint density at radius 1 is 1.29 bits per heavy atom. The van der Waals surface area contributed by atoms with Gasteiger partial charge in [-0.25, -0.2) is 22.6 Å². The monoisotopic (exact) mass is 578 g/mol. The molecule has 1 aromatic heterocycles. The molecule has 1 fully saturated rings. The van der Waals surface area contributed by atoms with Crippen LogP contribution in [0, 0.1) is 32.7 Å². The van der Waals surface area contributed by atoms with Crippen molar-refractivity contribution < 1.29 is 36.0 Å². The van der Waals surface area contributed by atoms with E-state index in [0.29, 0.717) is 11.2 Å². The van der Waals surface area contributed by atoms with Gasteiger partial charge < -0.3 is 4.74 Å². The van der Waals surface area contributed by atoms with Crippen molar-refractivity contribution in [3.8, 4) is 5.81 Å². The zero-order chi connectivity index (χ0) is 26.7. The van der Waals surface area contributed by atoms with Crippen molar-refractivity contribution in [3.63, 3.8) is 0 Å². The van der Waals surface area contributed by atoms with E-state index in [1.54, 1.807) is 0 Å². The third-order valence-corrected chi connectivity index (χ3v) is 9.76. The summed E-state index contributed by atoms with van der Waals surface area (Å²) in [5.74, 6) is 0.258. The summed E-state index contributed by atoms with van der Waals surface area (Å²) in [6.45, 7) is 0.837. The standard InChI is InChI=1S/C13H15ClFN6O11P3/c1-8-3-4-21(12(22)17-8)11-9(15)10(18-23)13(5-14,30-11)6-29-34(27,19-24)32-35(28,20-25)31-33(2,26)7-16/h3-4,9-11H,5-6H2,1-2H3/t9-,10+,11-,13-,33?,34?,35?/m1/s1. The highest BCUT2D eigenvalue weighted by atomic mass is 35.5. The lowest BCUT2D eigenvalue weighted by Crippen LogP contribution is -2.46. The van der Waals surface area contributed by atoms with E-state index >= 15 is 4.39 Å². The van der Waals surface area contributed by atoms with Crippen LogP contribution in [0.25, 0.3) is 0 Å². The van der Waals surface area contributed by atoms with Gasteiger partial charge in [0.2, 0.25) is 0 Å². The zero-order valence-corrected chi connectivity index (χ0v) is 21.0. The van der Waals surface area contributed by atoms with Gasteiger partial charge >= 0.3 is 28.6 Å². The van der Waals surface area contributed by atoms with Crippen molar-refractivity contribution in [2.45, 2.75) is 31.0 Å². The maximum atomic E-state index is 15.1. The molecule has 1 aliphatic rings. The van der Waals surface area contributed by atoms with Crippen molar-refractivity contribution in [2.24, 2.45) is 15.1 Å². The first-order valence-corrected chi connectivity index (χ1v) is 14.5. The van der Waals surface area contributed by atoms with Gasteiger partial charge in [-0.1, -0.05) is 5.18 Å². The number of alkyl halides is 2. The van der Waals surface area contributed by atoms with Gasteiger partial charge in [0, 0.05) is 28.5 Å². The molecule has 3 unspecified atom stereocenters. The van der Waals surface area contributed by atoms with Crippen LogP contribution in [0.15, 0.2) is 32.1 Å². The number of nitriles is 1. The van der Waals surface area contributed by atoms with Gasteiger partial charge in [-0.2, -0.15) is 19.5 Å². The molecule has 192 valence electrons. The molecule has 0 bridgehead atoms. The summed E-state index contributed by atoms with van der Waals surface area (Å²) in [5.41, 5.74) is -2.97. The number of nitroso groups, excluding NO2 is 3. The van der Waals surface area contributed by atoms with Crippen LogP contribution in [0.2, 0.25) is 0 Å². The quantitative estimate of drug-likeness (QED) is 0.195. The Bertz CT molecular complexity index is 1260. The number of nitrogens with zero attached hydrogens (tertiary/aromatic N) is 6. The number of halogens is 2. The average Bonchev–Trinajstić information content (AvgIpc) is 3.09. The summed E-state index contributed by atoms with van der Waals surface area (Å²) in [6, 6.07) is -0.687. The number of hydrogen-bond donors (Lipinski definition) is 0. The topological polar surface area (TPSA) is 235 Å². The fourth-order valence-corrected chi connectivity index (χ4v) is 7.21. The molecule has 1 aromatic rings. The molecule has 0 N–H and O–H groups in total. The van der Waals surface area contributed by atoms with Gasteiger partial charge in [0.1, 0.15) is 5.60 Å². The predicted octanol–water partition coefficient (Wildman–Crippen LogP) is 3.72. The molecular weight excluding hydrogens is 564 g/mol. The lowest BCUT2D eigenvalue weighted by molar-refractivity contribution is -0.0921. The van der Waals surface area contributed by atoms with Gasteiger partial charge in [0.05, 0.1) is 12.5 Å². The minimum Gasteiger partial charge on any atom is -0.342 e. The van der Waals surface area contributed by atoms with Crippen molar-refractivity contribution in [2.75, 3.05) is 19.2 Å². The molecule has 35 heavy (non-hydrogen) atoms. The Hall–Kier alpha value is -2.08. The SMILES string of the molecule is Cc1ccn([C@@H]2O[C@](CCl)(COP(=O)(N=O)OP(=O)(N=O)OP(C)(=O)C#N)[C@@H](N=O)[C@H]2F)c(=O)n1. The lowest BCUT2D eigenvalue weighted by atomic mass is 9.97. The summed E-state index contributed by atoms with van der Waals surface area (Å²) in [5, 5.41) is 11.3. The Kier molecular flexibility index (Phi) is 9.08. The molecular formula is C13H15ClFN6O11P3.